The first-order valence-corrected chi connectivity index (χ1v) is 7.63. The minimum Gasteiger partial charge on any atom is -0.491 e. The number of aromatic nitrogens is 2. The number of aliphatic hydroxyl groups excluding tert-OH is 1. The second-order valence-corrected chi connectivity index (χ2v) is 5.41. The van der Waals surface area contributed by atoms with Crippen molar-refractivity contribution >= 4 is 11.8 Å². The summed E-state index contributed by atoms with van der Waals surface area (Å²) >= 11 is 1.47. The van der Waals surface area contributed by atoms with Gasteiger partial charge in [0, 0.05) is 18.0 Å². The van der Waals surface area contributed by atoms with Gasteiger partial charge in [-0.25, -0.2) is 9.97 Å². The zero-order valence-corrected chi connectivity index (χ0v) is 12.6. The van der Waals surface area contributed by atoms with Crippen molar-refractivity contribution in [2.45, 2.75) is 31.2 Å². The molecule has 1 atom stereocenters. The average molecular weight is 290 g/mol. The van der Waals surface area contributed by atoms with Gasteiger partial charge in [0.25, 0.3) is 0 Å². The Kier molecular flexibility index (Phi) is 4.98. The summed E-state index contributed by atoms with van der Waals surface area (Å²) in [5.41, 5.74) is 1.47. The molecule has 0 saturated heterocycles. The molecule has 0 aliphatic heterocycles. The number of aliphatic hydroxyl groups is 1. The molecule has 1 N–H and O–H groups in total. The number of hydrogen-bond donors (Lipinski definition) is 1. The van der Waals surface area contributed by atoms with Gasteiger partial charge in [0.05, 0.1) is 6.10 Å². The molecule has 1 heterocycles. The molecule has 1 aromatic heterocycles. The van der Waals surface area contributed by atoms with E-state index in [-0.39, 0.29) is 6.10 Å². The summed E-state index contributed by atoms with van der Waals surface area (Å²) in [5.74, 6) is 0.796. The van der Waals surface area contributed by atoms with Crippen LogP contribution in [0.3, 0.4) is 0 Å². The Balaban J connectivity index is 2.13. The largest absolute Gasteiger partial charge is 0.491 e. The van der Waals surface area contributed by atoms with E-state index in [2.05, 4.69) is 9.97 Å². The summed E-state index contributed by atoms with van der Waals surface area (Å²) in [6.45, 7) is 3.96. The molecule has 0 spiro atoms. The van der Waals surface area contributed by atoms with E-state index >= 15 is 0 Å². The second kappa shape index (κ2) is 6.72. The highest BCUT2D eigenvalue weighted by Crippen LogP contribution is 2.24. The van der Waals surface area contributed by atoms with Crippen LogP contribution in [-0.4, -0.2) is 27.4 Å². The van der Waals surface area contributed by atoms with E-state index in [1.807, 2.05) is 44.4 Å². The summed E-state index contributed by atoms with van der Waals surface area (Å²) in [7, 11) is 0. The minimum absolute atomic E-state index is 0.137. The molecule has 0 amide bonds. The summed E-state index contributed by atoms with van der Waals surface area (Å²) in [6, 6.07) is 7.42. The summed E-state index contributed by atoms with van der Waals surface area (Å²) in [6.07, 6.45) is 4.64. The zero-order valence-electron chi connectivity index (χ0n) is 11.8. The van der Waals surface area contributed by atoms with Gasteiger partial charge in [-0.2, -0.15) is 0 Å². The van der Waals surface area contributed by atoms with Gasteiger partial charge in [0.15, 0.2) is 5.16 Å². The third-order valence-corrected chi connectivity index (χ3v) is 3.29. The fourth-order valence-corrected chi connectivity index (χ4v) is 2.08. The maximum atomic E-state index is 10.3. The Morgan fingerprint density at radius 1 is 1.05 bits per heavy atom. The molecule has 2 aromatic rings. The Bertz CT molecular complexity index is 541. The van der Waals surface area contributed by atoms with E-state index in [4.69, 9.17) is 4.74 Å². The number of ether oxygens (including phenoxy) is 1. The highest BCUT2D eigenvalue weighted by atomic mass is 32.2. The van der Waals surface area contributed by atoms with Gasteiger partial charge in [-0.05, 0) is 37.8 Å². The summed E-state index contributed by atoms with van der Waals surface area (Å²) in [5, 5.41) is 11.0. The first-order chi connectivity index (χ1) is 9.60. The van der Waals surface area contributed by atoms with Crippen LogP contribution < -0.4 is 4.74 Å². The highest BCUT2D eigenvalue weighted by Gasteiger charge is 2.11. The highest BCUT2D eigenvalue weighted by molar-refractivity contribution is 7.98. The lowest BCUT2D eigenvalue weighted by Gasteiger charge is -2.13. The summed E-state index contributed by atoms with van der Waals surface area (Å²) in [4.78, 5) is 8.34. The molecular weight excluding hydrogens is 272 g/mol. The molecule has 2 rings (SSSR count). The second-order valence-electron chi connectivity index (χ2n) is 4.64. The van der Waals surface area contributed by atoms with Crippen molar-refractivity contribution in [3.63, 3.8) is 0 Å². The SMILES string of the molecule is CSc1ncc(C(O)c2ccc(OC(C)C)cc2)cn1. The van der Waals surface area contributed by atoms with Gasteiger partial charge in [0.1, 0.15) is 11.9 Å². The fraction of sp³-hybridized carbons (Fsp3) is 0.333. The van der Waals surface area contributed by atoms with Gasteiger partial charge in [-0.1, -0.05) is 23.9 Å². The van der Waals surface area contributed by atoms with E-state index in [9.17, 15) is 5.11 Å². The van der Waals surface area contributed by atoms with Crippen LogP contribution in [0.1, 0.15) is 31.1 Å². The Hall–Kier alpha value is -1.59. The number of nitrogens with zero attached hydrogens (tertiary/aromatic N) is 2. The Morgan fingerprint density at radius 2 is 1.65 bits per heavy atom. The van der Waals surface area contributed by atoms with Crippen molar-refractivity contribution in [3.8, 4) is 5.75 Å². The van der Waals surface area contributed by atoms with Crippen LogP contribution in [0.4, 0.5) is 0 Å². The normalized spacial score (nSPS) is 12.4. The molecule has 1 unspecified atom stereocenters. The van der Waals surface area contributed by atoms with Crippen LogP contribution in [0.5, 0.6) is 5.75 Å². The van der Waals surface area contributed by atoms with Crippen molar-refractivity contribution in [2.24, 2.45) is 0 Å². The molecule has 0 saturated carbocycles. The molecule has 1 aromatic carbocycles. The molecule has 0 aliphatic rings. The standard InChI is InChI=1S/C15H18N2O2S/c1-10(2)19-13-6-4-11(5-7-13)14(18)12-8-16-15(20-3)17-9-12/h4-10,14,18H,1-3H3. The maximum absolute atomic E-state index is 10.3. The van der Waals surface area contributed by atoms with Crippen LogP contribution >= 0.6 is 11.8 Å². The predicted octanol–water partition coefficient (Wildman–Crippen LogP) is 3.07. The van der Waals surface area contributed by atoms with E-state index in [0.29, 0.717) is 10.7 Å². The number of benzene rings is 1. The van der Waals surface area contributed by atoms with E-state index in [1.165, 1.54) is 11.8 Å². The molecule has 106 valence electrons. The van der Waals surface area contributed by atoms with Crippen LogP contribution in [-0.2, 0) is 0 Å². The van der Waals surface area contributed by atoms with E-state index in [0.717, 1.165) is 11.3 Å². The molecular formula is C15H18N2O2S. The summed E-state index contributed by atoms with van der Waals surface area (Å²) < 4.78 is 5.58. The average Bonchev–Trinajstić information content (AvgIpc) is 2.47. The molecule has 0 bridgehead atoms. The van der Waals surface area contributed by atoms with Crippen LogP contribution in [0.15, 0.2) is 41.8 Å². The predicted molar refractivity (Wildman–Crippen MR) is 80.1 cm³/mol. The number of thioether (sulfide) groups is 1. The monoisotopic (exact) mass is 290 g/mol. The first-order valence-electron chi connectivity index (χ1n) is 6.40. The zero-order chi connectivity index (χ0) is 14.5. The van der Waals surface area contributed by atoms with Gasteiger partial charge in [-0.15, -0.1) is 0 Å². The van der Waals surface area contributed by atoms with Gasteiger partial charge in [0.2, 0.25) is 0 Å². The molecule has 0 radical (unpaired) electrons. The maximum Gasteiger partial charge on any atom is 0.187 e. The topological polar surface area (TPSA) is 55.2 Å². The lowest BCUT2D eigenvalue weighted by atomic mass is 10.0. The quantitative estimate of drug-likeness (QED) is 0.677. The third-order valence-electron chi connectivity index (χ3n) is 2.71. The van der Waals surface area contributed by atoms with Crippen molar-refractivity contribution in [3.05, 3.63) is 47.8 Å². The molecule has 4 nitrogen and oxygen atoms in total. The minimum atomic E-state index is -0.723. The van der Waals surface area contributed by atoms with Crippen LogP contribution in [0.25, 0.3) is 0 Å². The van der Waals surface area contributed by atoms with Crippen LogP contribution in [0, 0.1) is 0 Å². The van der Waals surface area contributed by atoms with Crippen molar-refractivity contribution in [1.29, 1.82) is 0 Å². The Morgan fingerprint density at radius 3 is 2.15 bits per heavy atom. The molecule has 20 heavy (non-hydrogen) atoms. The molecule has 0 fully saturated rings. The van der Waals surface area contributed by atoms with Gasteiger partial charge in [-0.3, -0.25) is 0 Å². The number of rotatable bonds is 5. The van der Waals surface area contributed by atoms with Crippen molar-refractivity contribution in [1.82, 2.24) is 9.97 Å². The first kappa shape index (κ1) is 14.8. The van der Waals surface area contributed by atoms with E-state index in [1.54, 1.807) is 12.4 Å². The lowest BCUT2D eigenvalue weighted by molar-refractivity contribution is 0.218. The fourth-order valence-electron chi connectivity index (χ4n) is 1.77. The number of hydrogen-bond acceptors (Lipinski definition) is 5. The van der Waals surface area contributed by atoms with Crippen molar-refractivity contribution in [2.75, 3.05) is 6.26 Å². The van der Waals surface area contributed by atoms with Gasteiger partial charge >= 0.3 is 0 Å². The van der Waals surface area contributed by atoms with E-state index < -0.39 is 6.10 Å². The van der Waals surface area contributed by atoms with Crippen molar-refractivity contribution < 1.29 is 9.84 Å². The van der Waals surface area contributed by atoms with Gasteiger partial charge < -0.3 is 9.84 Å². The molecule has 5 heteroatoms. The third kappa shape index (κ3) is 3.71. The smallest absolute Gasteiger partial charge is 0.187 e. The molecule has 0 aliphatic carbocycles. The lowest BCUT2D eigenvalue weighted by Crippen LogP contribution is -2.06. The van der Waals surface area contributed by atoms with Crippen LogP contribution in [0.2, 0.25) is 0 Å². The Labute approximate surface area is 123 Å².